The van der Waals surface area contributed by atoms with Crippen LogP contribution in [0.2, 0.25) is 0 Å². The van der Waals surface area contributed by atoms with Gasteiger partial charge in [0.25, 0.3) is 11.9 Å². The Morgan fingerprint density at radius 3 is 1.09 bits per heavy atom. The van der Waals surface area contributed by atoms with Crippen molar-refractivity contribution in [3.05, 3.63) is 34.7 Å². The van der Waals surface area contributed by atoms with Crippen LogP contribution in [-0.4, -0.2) is 49.8 Å². The standard InChI is InChI=1S/C20H6F2N12/c1-5-6(2)26-10-9(25-5)11-14(32-20-17(29-11)27-7(3-23)16(22)34-20)13-12(10)31-19-18(30-13)28-8(4-24)15(21)33-19/h1-2H3. The number of nitrogens with zero attached hydrogens (tertiary/aromatic N) is 12. The lowest BCUT2D eigenvalue weighted by Gasteiger charge is -2.10. The van der Waals surface area contributed by atoms with E-state index in [1.54, 1.807) is 26.0 Å². The molecule has 6 aromatic rings. The zero-order chi connectivity index (χ0) is 23.7. The fraction of sp³-hybridized carbons (Fsp3) is 0.100. The molecule has 0 spiro atoms. The molecule has 14 heteroatoms. The summed E-state index contributed by atoms with van der Waals surface area (Å²) in [6.45, 7) is 3.51. The lowest BCUT2D eigenvalue weighted by molar-refractivity contribution is 0.576. The highest BCUT2D eigenvalue weighted by Gasteiger charge is 2.21. The number of aromatic nitrogens is 10. The average Bonchev–Trinajstić information content (AvgIpc) is 2.82. The Morgan fingerprint density at radius 1 is 0.471 bits per heavy atom. The number of nitriles is 2. The van der Waals surface area contributed by atoms with E-state index in [2.05, 4.69) is 49.8 Å². The van der Waals surface area contributed by atoms with Crippen LogP contribution >= 0.6 is 0 Å². The Hall–Kier alpha value is -5.24. The number of halogens is 2. The molecule has 160 valence electrons. The van der Waals surface area contributed by atoms with Crippen molar-refractivity contribution in [1.82, 2.24) is 49.8 Å². The van der Waals surface area contributed by atoms with Crippen molar-refractivity contribution in [1.29, 1.82) is 10.5 Å². The van der Waals surface area contributed by atoms with Gasteiger partial charge in [-0.3, -0.25) is 0 Å². The molecule has 0 atom stereocenters. The van der Waals surface area contributed by atoms with Crippen LogP contribution in [-0.2, 0) is 0 Å². The molecule has 0 saturated carbocycles. The van der Waals surface area contributed by atoms with Crippen LogP contribution in [0.25, 0.3) is 55.7 Å². The molecule has 0 aliphatic rings. The van der Waals surface area contributed by atoms with Crippen LogP contribution in [0.15, 0.2) is 0 Å². The SMILES string of the molecule is Cc1nc2c(nc1C)c1nc3nc(F)c(C#N)nc3nc1c1nc3nc(F)c(C#N)nc3nc21. The molecule has 5 heterocycles. The molecule has 1 aromatic carbocycles. The number of rotatable bonds is 0. The van der Waals surface area contributed by atoms with E-state index in [4.69, 9.17) is 10.5 Å². The molecule has 0 unspecified atom stereocenters. The minimum Gasteiger partial charge on any atom is -0.247 e. The summed E-state index contributed by atoms with van der Waals surface area (Å²) in [7, 11) is 0. The smallest absolute Gasteiger partial charge is 0.247 e. The summed E-state index contributed by atoms with van der Waals surface area (Å²) in [5.74, 6) is -2.19. The average molecular weight is 452 g/mol. The third kappa shape index (κ3) is 2.59. The van der Waals surface area contributed by atoms with E-state index >= 15 is 0 Å². The third-order valence-electron chi connectivity index (χ3n) is 5.15. The minimum absolute atomic E-state index is 0.0755. The van der Waals surface area contributed by atoms with Gasteiger partial charge in [0.2, 0.25) is 11.3 Å². The molecule has 0 saturated heterocycles. The van der Waals surface area contributed by atoms with Gasteiger partial charge in [-0.15, -0.1) is 0 Å². The minimum atomic E-state index is -1.10. The van der Waals surface area contributed by atoms with E-state index < -0.39 is 23.3 Å². The van der Waals surface area contributed by atoms with Crippen molar-refractivity contribution >= 4 is 55.7 Å². The third-order valence-corrected chi connectivity index (χ3v) is 5.15. The Labute approximate surface area is 186 Å². The van der Waals surface area contributed by atoms with Crippen LogP contribution in [0.5, 0.6) is 0 Å². The van der Waals surface area contributed by atoms with Gasteiger partial charge in [0.1, 0.15) is 45.2 Å². The molecule has 0 bridgehead atoms. The van der Waals surface area contributed by atoms with Crippen molar-refractivity contribution in [3.8, 4) is 12.1 Å². The Morgan fingerprint density at radius 2 is 0.765 bits per heavy atom. The van der Waals surface area contributed by atoms with E-state index in [0.29, 0.717) is 16.9 Å². The van der Waals surface area contributed by atoms with Crippen molar-refractivity contribution in [2.45, 2.75) is 13.8 Å². The predicted octanol–water partition coefficient (Wildman–Crippen LogP) is 2.04. The van der Waals surface area contributed by atoms with Gasteiger partial charge in [-0.1, -0.05) is 0 Å². The first-order chi connectivity index (χ1) is 16.4. The van der Waals surface area contributed by atoms with Crippen molar-refractivity contribution < 1.29 is 8.78 Å². The molecule has 34 heavy (non-hydrogen) atoms. The lowest BCUT2D eigenvalue weighted by atomic mass is 10.1. The van der Waals surface area contributed by atoms with Crippen LogP contribution in [0.3, 0.4) is 0 Å². The van der Waals surface area contributed by atoms with E-state index in [9.17, 15) is 8.78 Å². The van der Waals surface area contributed by atoms with Gasteiger partial charge in [0, 0.05) is 0 Å². The topological polar surface area (TPSA) is 176 Å². The van der Waals surface area contributed by atoms with Crippen LogP contribution in [0.4, 0.5) is 8.78 Å². The van der Waals surface area contributed by atoms with Gasteiger partial charge in [0.15, 0.2) is 22.7 Å². The highest BCUT2D eigenvalue weighted by atomic mass is 19.1. The van der Waals surface area contributed by atoms with Crippen molar-refractivity contribution in [2.24, 2.45) is 0 Å². The highest BCUT2D eigenvalue weighted by Crippen LogP contribution is 2.31. The molecule has 0 N–H and O–H groups in total. The summed E-state index contributed by atoms with van der Waals surface area (Å²) in [6.07, 6.45) is 0. The Balaban J connectivity index is 1.89. The second-order valence-electron chi connectivity index (χ2n) is 7.18. The summed E-state index contributed by atoms with van der Waals surface area (Å²) in [5.41, 5.74) is 0.858. The summed E-state index contributed by atoms with van der Waals surface area (Å²) < 4.78 is 28.2. The van der Waals surface area contributed by atoms with Gasteiger partial charge in [-0.25, -0.2) is 39.9 Å². The molecule has 0 amide bonds. The quantitative estimate of drug-likeness (QED) is 0.242. The number of aryl methyl sites for hydroxylation is 2. The molecular formula is C20H6F2N12. The largest absolute Gasteiger partial charge is 0.251 e. The van der Waals surface area contributed by atoms with E-state index in [0.717, 1.165) is 0 Å². The molecule has 5 aromatic heterocycles. The summed E-state index contributed by atoms with van der Waals surface area (Å²) >= 11 is 0. The number of benzene rings is 1. The van der Waals surface area contributed by atoms with Crippen LogP contribution in [0, 0.1) is 48.4 Å². The Bertz CT molecular complexity index is 1990. The van der Waals surface area contributed by atoms with E-state index in [-0.39, 0.29) is 50.2 Å². The van der Waals surface area contributed by atoms with Gasteiger partial charge in [0.05, 0.1) is 11.4 Å². The molecule has 6 rings (SSSR count). The molecule has 12 nitrogen and oxygen atoms in total. The molecular weight excluding hydrogens is 446 g/mol. The van der Waals surface area contributed by atoms with Crippen LogP contribution in [0.1, 0.15) is 22.8 Å². The maximum Gasteiger partial charge on any atom is 0.251 e. The molecule has 0 aliphatic heterocycles. The number of hydrogen-bond donors (Lipinski definition) is 0. The number of hydrogen-bond acceptors (Lipinski definition) is 12. The first kappa shape index (κ1) is 19.4. The normalized spacial score (nSPS) is 11.5. The van der Waals surface area contributed by atoms with E-state index in [1.165, 1.54) is 0 Å². The van der Waals surface area contributed by atoms with Crippen LogP contribution < -0.4 is 0 Å². The maximum absolute atomic E-state index is 14.1. The lowest BCUT2D eigenvalue weighted by Crippen LogP contribution is -2.05. The molecule has 0 aliphatic carbocycles. The van der Waals surface area contributed by atoms with Gasteiger partial charge in [-0.2, -0.15) is 29.3 Å². The zero-order valence-electron chi connectivity index (χ0n) is 17.1. The highest BCUT2D eigenvalue weighted by molar-refractivity contribution is 6.19. The molecule has 0 fully saturated rings. The monoisotopic (exact) mass is 452 g/mol. The van der Waals surface area contributed by atoms with Gasteiger partial charge < -0.3 is 0 Å². The fourth-order valence-corrected chi connectivity index (χ4v) is 3.47. The van der Waals surface area contributed by atoms with Gasteiger partial charge >= 0.3 is 0 Å². The van der Waals surface area contributed by atoms with E-state index in [1.807, 2.05) is 0 Å². The van der Waals surface area contributed by atoms with Crippen molar-refractivity contribution in [2.75, 3.05) is 0 Å². The zero-order valence-corrected chi connectivity index (χ0v) is 17.1. The second-order valence-corrected chi connectivity index (χ2v) is 7.18. The maximum atomic E-state index is 14.1. The van der Waals surface area contributed by atoms with Crippen molar-refractivity contribution in [3.63, 3.8) is 0 Å². The Kier molecular flexibility index (Phi) is 3.79. The summed E-state index contributed by atoms with van der Waals surface area (Å²) in [4.78, 5) is 41.9. The number of fused-ring (bicyclic) bond motifs is 8. The first-order valence-corrected chi connectivity index (χ1v) is 9.55. The summed E-state index contributed by atoms with van der Waals surface area (Å²) in [5, 5.41) is 18.2. The van der Waals surface area contributed by atoms with Gasteiger partial charge in [-0.05, 0) is 13.8 Å². The summed E-state index contributed by atoms with van der Waals surface area (Å²) in [6, 6.07) is 3.22. The first-order valence-electron chi connectivity index (χ1n) is 9.55. The molecule has 0 radical (unpaired) electrons. The second kappa shape index (κ2) is 6.63. The predicted molar refractivity (Wildman–Crippen MR) is 111 cm³/mol. The fourth-order valence-electron chi connectivity index (χ4n) is 3.47.